The Labute approximate surface area is 145 Å². The van der Waals surface area contributed by atoms with Gasteiger partial charge in [-0.05, 0) is 41.5 Å². The van der Waals surface area contributed by atoms with Crippen molar-refractivity contribution in [2.75, 3.05) is 5.32 Å². The fourth-order valence-electron chi connectivity index (χ4n) is 2.99. The number of aromatic nitrogens is 2. The third-order valence-electron chi connectivity index (χ3n) is 4.35. The summed E-state index contributed by atoms with van der Waals surface area (Å²) in [6, 6.07) is 19.7. The second kappa shape index (κ2) is 6.28. The summed E-state index contributed by atoms with van der Waals surface area (Å²) in [5.74, 6) is 0. The highest BCUT2D eigenvalue weighted by Gasteiger charge is 2.11. The molecule has 0 saturated heterocycles. The van der Waals surface area contributed by atoms with Gasteiger partial charge in [0.15, 0.2) is 0 Å². The molecule has 0 aliphatic heterocycles. The van der Waals surface area contributed by atoms with Crippen molar-refractivity contribution in [3.05, 3.63) is 72.4 Å². The number of nitrogens with one attached hydrogen (secondary N) is 3. The first-order chi connectivity index (χ1) is 12.2. The zero-order chi connectivity index (χ0) is 17.2. The van der Waals surface area contributed by atoms with Gasteiger partial charge in [0.1, 0.15) is 0 Å². The number of aromatic amines is 1. The van der Waals surface area contributed by atoms with E-state index in [1.807, 2.05) is 43.3 Å². The van der Waals surface area contributed by atoms with Crippen LogP contribution in [-0.4, -0.2) is 16.2 Å². The number of H-pyrrole nitrogens is 1. The highest BCUT2D eigenvalue weighted by atomic mass is 16.2. The summed E-state index contributed by atoms with van der Waals surface area (Å²) in [5.41, 5.74) is 2.69. The lowest BCUT2D eigenvalue weighted by atomic mass is 10.0. The normalized spacial score (nSPS) is 12.2. The Balaban J connectivity index is 1.50. The maximum absolute atomic E-state index is 12.4. The summed E-state index contributed by atoms with van der Waals surface area (Å²) >= 11 is 0. The predicted octanol–water partition coefficient (Wildman–Crippen LogP) is 4.60. The van der Waals surface area contributed by atoms with Gasteiger partial charge in [-0.2, -0.15) is 5.10 Å². The third-order valence-corrected chi connectivity index (χ3v) is 4.35. The molecule has 0 fully saturated rings. The van der Waals surface area contributed by atoms with E-state index < -0.39 is 0 Å². The molecule has 4 aromatic rings. The van der Waals surface area contributed by atoms with E-state index in [9.17, 15) is 4.79 Å². The van der Waals surface area contributed by atoms with Crippen molar-refractivity contribution in [1.82, 2.24) is 15.5 Å². The molecule has 4 rings (SSSR count). The van der Waals surface area contributed by atoms with Gasteiger partial charge in [0.2, 0.25) is 0 Å². The van der Waals surface area contributed by atoms with Crippen LogP contribution in [0, 0.1) is 0 Å². The SMILES string of the molecule is C[C@@H](NC(=O)Nc1cccc2[nH]ncc12)c1ccc2ccccc2c1. The quantitative estimate of drug-likeness (QED) is 0.514. The van der Waals surface area contributed by atoms with Crippen LogP contribution in [0.3, 0.4) is 0 Å². The zero-order valence-electron chi connectivity index (χ0n) is 13.8. The summed E-state index contributed by atoms with van der Waals surface area (Å²) in [5, 5.41) is 16.0. The molecular formula is C20H18N4O. The van der Waals surface area contributed by atoms with E-state index in [0.29, 0.717) is 0 Å². The molecule has 3 aromatic carbocycles. The second-order valence-corrected chi connectivity index (χ2v) is 6.06. The number of anilines is 1. The maximum atomic E-state index is 12.4. The third kappa shape index (κ3) is 3.04. The monoisotopic (exact) mass is 330 g/mol. The molecular weight excluding hydrogens is 312 g/mol. The minimum absolute atomic E-state index is 0.104. The van der Waals surface area contributed by atoms with Gasteiger partial charge in [0.25, 0.3) is 0 Å². The van der Waals surface area contributed by atoms with Gasteiger partial charge < -0.3 is 10.6 Å². The molecule has 25 heavy (non-hydrogen) atoms. The van der Waals surface area contributed by atoms with Crippen LogP contribution in [0.1, 0.15) is 18.5 Å². The molecule has 3 N–H and O–H groups in total. The Hall–Kier alpha value is -3.34. The molecule has 0 spiro atoms. The molecule has 1 atom stereocenters. The van der Waals surface area contributed by atoms with Crippen LogP contribution in [0.4, 0.5) is 10.5 Å². The van der Waals surface area contributed by atoms with Crippen molar-refractivity contribution >= 4 is 33.4 Å². The van der Waals surface area contributed by atoms with E-state index in [1.54, 1.807) is 6.20 Å². The van der Waals surface area contributed by atoms with Crippen LogP contribution >= 0.6 is 0 Å². The molecule has 1 heterocycles. The van der Waals surface area contributed by atoms with E-state index in [4.69, 9.17) is 0 Å². The molecule has 0 saturated carbocycles. The lowest BCUT2D eigenvalue weighted by molar-refractivity contribution is 0.249. The number of hydrogen-bond donors (Lipinski definition) is 3. The molecule has 5 nitrogen and oxygen atoms in total. The van der Waals surface area contributed by atoms with Crippen LogP contribution < -0.4 is 10.6 Å². The summed E-state index contributed by atoms with van der Waals surface area (Å²) in [7, 11) is 0. The fourth-order valence-corrected chi connectivity index (χ4v) is 2.99. The number of carbonyl (C=O) groups excluding carboxylic acids is 1. The summed E-state index contributed by atoms with van der Waals surface area (Å²) in [6.07, 6.45) is 1.71. The molecule has 0 unspecified atom stereocenters. The number of urea groups is 1. The molecule has 0 aliphatic carbocycles. The van der Waals surface area contributed by atoms with Crippen LogP contribution in [0.25, 0.3) is 21.7 Å². The van der Waals surface area contributed by atoms with Crippen LogP contribution in [-0.2, 0) is 0 Å². The molecule has 1 aromatic heterocycles. The largest absolute Gasteiger partial charge is 0.331 e. The van der Waals surface area contributed by atoms with Crippen molar-refractivity contribution in [3.63, 3.8) is 0 Å². The first kappa shape index (κ1) is 15.2. The van der Waals surface area contributed by atoms with Crippen molar-refractivity contribution in [3.8, 4) is 0 Å². The highest BCUT2D eigenvalue weighted by molar-refractivity contribution is 6.00. The van der Waals surface area contributed by atoms with E-state index in [2.05, 4.69) is 45.1 Å². The average molecular weight is 330 g/mol. The first-order valence-electron chi connectivity index (χ1n) is 8.19. The minimum atomic E-state index is -0.241. The molecule has 5 heteroatoms. The van der Waals surface area contributed by atoms with Gasteiger partial charge in [-0.1, -0.05) is 42.5 Å². The van der Waals surface area contributed by atoms with Crippen molar-refractivity contribution in [1.29, 1.82) is 0 Å². The van der Waals surface area contributed by atoms with Gasteiger partial charge in [0.05, 0.1) is 23.4 Å². The Bertz CT molecular complexity index is 1050. The van der Waals surface area contributed by atoms with Gasteiger partial charge >= 0.3 is 6.03 Å². The maximum Gasteiger partial charge on any atom is 0.319 e. The number of rotatable bonds is 3. The topological polar surface area (TPSA) is 69.8 Å². The molecule has 0 bridgehead atoms. The molecule has 0 radical (unpaired) electrons. The van der Waals surface area contributed by atoms with Gasteiger partial charge in [-0.15, -0.1) is 0 Å². The van der Waals surface area contributed by atoms with Gasteiger partial charge in [-0.3, -0.25) is 5.10 Å². The summed E-state index contributed by atoms with van der Waals surface area (Å²) < 4.78 is 0. The van der Waals surface area contributed by atoms with Crippen molar-refractivity contribution < 1.29 is 4.79 Å². The lowest BCUT2D eigenvalue weighted by Crippen LogP contribution is -2.31. The van der Waals surface area contributed by atoms with E-state index >= 15 is 0 Å². The first-order valence-corrected chi connectivity index (χ1v) is 8.19. The smallest absolute Gasteiger partial charge is 0.319 e. The Kier molecular flexibility index (Phi) is 3.82. The molecule has 124 valence electrons. The Morgan fingerprint density at radius 3 is 2.76 bits per heavy atom. The number of amides is 2. The number of nitrogens with zero attached hydrogens (tertiary/aromatic N) is 1. The van der Waals surface area contributed by atoms with Gasteiger partial charge in [0, 0.05) is 5.39 Å². The average Bonchev–Trinajstić information content (AvgIpc) is 3.11. The van der Waals surface area contributed by atoms with Crippen molar-refractivity contribution in [2.24, 2.45) is 0 Å². The van der Waals surface area contributed by atoms with Crippen LogP contribution in [0.2, 0.25) is 0 Å². The number of carbonyl (C=O) groups is 1. The van der Waals surface area contributed by atoms with Gasteiger partial charge in [-0.25, -0.2) is 4.79 Å². The predicted molar refractivity (Wildman–Crippen MR) is 101 cm³/mol. The van der Waals surface area contributed by atoms with E-state index in [0.717, 1.165) is 27.5 Å². The Morgan fingerprint density at radius 2 is 1.88 bits per heavy atom. The Morgan fingerprint density at radius 1 is 1.04 bits per heavy atom. The van der Waals surface area contributed by atoms with Crippen LogP contribution in [0.5, 0.6) is 0 Å². The highest BCUT2D eigenvalue weighted by Crippen LogP contribution is 2.22. The lowest BCUT2D eigenvalue weighted by Gasteiger charge is -2.16. The zero-order valence-corrected chi connectivity index (χ0v) is 13.8. The molecule has 2 amide bonds. The number of fused-ring (bicyclic) bond motifs is 2. The van der Waals surface area contributed by atoms with E-state index in [1.165, 1.54) is 5.39 Å². The minimum Gasteiger partial charge on any atom is -0.331 e. The fraction of sp³-hybridized carbons (Fsp3) is 0.100. The summed E-state index contributed by atoms with van der Waals surface area (Å²) in [4.78, 5) is 12.4. The number of benzene rings is 3. The summed E-state index contributed by atoms with van der Waals surface area (Å²) in [6.45, 7) is 1.97. The van der Waals surface area contributed by atoms with E-state index in [-0.39, 0.29) is 12.1 Å². The molecule has 0 aliphatic rings. The standard InChI is InChI=1S/C20H18N4O/c1-13(15-10-9-14-5-2-3-6-16(14)11-15)22-20(25)23-18-7-4-8-19-17(18)12-21-24-19/h2-13H,1H3,(H,21,24)(H2,22,23,25)/t13-/m1/s1. The van der Waals surface area contributed by atoms with Crippen molar-refractivity contribution in [2.45, 2.75) is 13.0 Å². The number of hydrogen-bond acceptors (Lipinski definition) is 2. The second-order valence-electron chi connectivity index (χ2n) is 6.06. The van der Waals surface area contributed by atoms with Crippen LogP contribution in [0.15, 0.2) is 66.9 Å².